The van der Waals surface area contributed by atoms with Crippen LogP contribution in [0.1, 0.15) is 19.8 Å². The van der Waals surface area contributed by atoms with Crippen LogP contribution in [0, 0.1) is 0 Å². The number of amides is 1. The Kier molecular flexibility index (Phi) is 4.42. The van der Waals surface area contributed by atoms with Gasteiger partial charge in [-0.05, 0) is 19.1 Å². The van der Waals surface area contributed by atoms with Crippen LogP contribution < -0.4 is 5.32 Å². The first kappa shape index (κ1) is 11.8. The number of aromatic nitrogens is 1. The van der Waals surface area contributed by atoms with E-state index in [1.54, 1.807) is 18.3 Å². The molecule has 1 rings (SSSR count). The highest BCUT2D eigenvalue weighted by molar-refractivity contribution is 9.10. The highest BCUT2D eigenvalue weighted by atomic mass is 79.9. The molecule has 0 fully saturated rings. The average Bonchev–Trinajstić information content (AvgIpc) is 2.15. The Hall–Kier alpha value is -1.23. The van der Waals surface area contributed by atoms with E-state index in [1.165, 1.54) is 6.92 Å². The molecule has 0 radical (unpaired) electrons. The fourth-order valence-corrected chi connectivity index (χ4v) is 1.30. The zero-order chi connectivity index (χ0) is 11.3. The molecule has 0 saturated carbocycles. The summed E-state index contributed by atoms with van der Waals surface area (Å²) >= 11 is 3.27. The van der Waals surface area contributed by atoms with Gasteiger partial charge in [0.15, 0.2) is 0 Å². The second kappa shape index (κ2) is 5.60. The lowest BCUT2D eigenvalue weighted by Gasteiger charge is -2.03. The third-order valence-electron chi connectivity index (χ3n) is 1.69. The van der Waals surface area contributed by atoms with Gasteiger partial charge in [-0.1, -0.05) is 15.9 Å². The molecule has 15 heavy (non-hydrogen) atoms. The van der Waals surface area contributed by atoms with E-state index in [-0.39, 0.29) is 24.5 Å². The quantitative estimate of drug-likeness (QED) is 0.912. The van der Waals surface area contributed by atoms with Crippen LogP contribution in [-0.2, 0) is 9.59 Å². The van der Waals surface area contributed by atoms with Crippen molar-refractivity contribution in [3.05, 3.63) is 22.8 Å². The van der Waals surface area contributed by atoms with Crippen LogP contribution in [0.3, 0.4) is 0 Å². The van der Waals surface area contributed by atoms with Crippen molar-refractivity contribution in [2.45, 2.75) is 19.8 Å². The lowest BCUT2D eigenvalue weighted by atomic mass is 10.2. The Morgan fingerprint density at radius 1 is 1.47 bits per heavy atom. The topological polar surface area (TPSA) is 59.1 Å². The van der Waals surface area contributed by atoms with Crippen LogP contribution in [0.2, 0.25) is 0 Å². The molecule has 0 unspecified atom stereocenters. The minimum Gasteiger partial charge on any atom is -0.311 e. The molecule has 1 N–H and O–H groups in total. The van der Waals surface area contributed by atoms with Gasteiger partial charge in [0.05, 0.1) is 0 Å². The summed E-state index contributed by atoms with van der Waals surface area (Å²) in [6, 6.07) is 3.47. The number of ketones is 1. The largest absolute Gasteiger partial charge is 0.311 e. The number of nitrogens with zero attached hydrogens (tertiary/aromatic N) is 1. The zero-order valence-corrected chi connectivity index (χ0v) is 9.87. The molecule has 1 aromatic rings. The number of carbonyl (C=O) groups excluding carboxylic acids is 2. The number of pyridine rings is 1. The van der Waals surface area contributed by atoms with Crippen molar-refractivity contribution in [1.29, 1.82) is 0 Å². The van der Waals surface area contributed by atoms with Crippen LogP contribution in [0.4, 0.5) is 5.82 Å². The number of Topliss-reactive ketones (excluding diaryl/α,β-unsaturated/α-hetero) is 1. The molecule has 0 aliphatic rings. The number of carbonyl (C=O) groups is 2. The maximum Gasteiger partial charge on any atom is 0.225 e. The third-order valence-corrected chi connectivity index (χ3v) is 2.19. The Labute approximate surface area is 96.2 Å². The van der Waals surface area contributed by atoms with Gasteiger partial charge in [0.25, 0.3) is 0 Å². The van der Waals surface area contributed by atoms with Crippen molar-refractivity contribution in [3.63, 3.8) is 0 Å². The van der Waals surface area contributed by atoms with Crippen molar-refractivity contribution < 1.29 is 9.59 Å². The van der Waals surface area contributed by atoms with E-state index in [4.69, 9.17) is 0 Å². The van der Waals surface area contributed by atoms with Crippen molar-refractivity contribution in [3.8, 4) is 0 Å². The van der Waals surface area contributed by atoms with Crippen molar-refractivity contribution in [2.75, 3.05) is 5.32 Å². The van der Waals surface area contributed by atoms with Gasteiger partial charge < -0.3 is 10.1 Å². The van der Waals surface area contributed by atoms with Gasteiger partial charge in [-0.25, -0.2) is 4.98 Å². The van der Waals surface area contributed by atoms with E-state index in [1.807, 2.05) is 0 Å². The van der Waals surface area contributed by atoms with Crippen LogP contribution in [-0.4, -0.2) is 16.7 Å². The number of anilines is 1. The van der Waals surface area contributed by atoms with Gasteiger partial charge in [-0.15, -0.1) is 0 Å². The Bertz CT molecular complexity index is 379. The number of hydrogen-bond donors (Lipinski definition) is 1. The molecule has 1 heterocycles. The molecule has 5 heteroatoms. The maximum atomic E-state index is 11.3. The van der Waals surface area contributed by atoms with E-state index in [0.29, 0.717) is 5.82 Å². The molecule has 0 aliphatic heterocycles. The van der Waals surface area contributed by atoms with Crippen molar-refractivity contribution in [1.82, 2.24) is 4.98 Å². The maximum absolute atomic E-state index is 11.3. The predicted octanol–water partition coefficient (Wildman–Crippen LogP) is 2.15. The summed E-state index contributed by atoms with van der Waals surface area (Å²) in [5, 5.41) is 2.61. The molecule has 0 atom stereocenters. The van der Waals surface area contributed by atoms with Crippen LogP contribution in [0.15, 0.2) is 22.8 Å². The minimum absolute atomic E-state index is 0.00681. The summed E-state index contributed by atoms with van der Waals surface area (Å²) < 4.78 is 0.847. The molecule has 1 amide bonds. The standard InChI is InChI=1S/C10H11BrN2O2/c1-7(14)2-3-10(15)13-9-6-8(11)4-5-12-9/h4-6H,2-3H2,1H3,(H,12,13,15). The van der Waals surface area contributed by atoms with Gasteiger partial charge in [-0.3, -0.25) is 4.79 Å². The first-order valence-electron chi connectivity index (χ1n) is 4.49. The molecule has 80 valence electrons. The summed E-state index contributed by atoms with van der Waals surface area (Å²) in [6.45, 7) is 1.46. The molecule has 0 saturated heterocycles. The molecule has 1 aromatic heterocycles. The molecule has 0 aliphatic carbocycles. The second-order valence-electron chi connectivity index (χ2n) is 3.11. The summed E-state index contributed by atoms with van der Waals surface area (Å²) in [7, 11) is 0. The first-order chi connectivity index (χ1) is 7.08. The number of nitrogens with one attached hydrogen (secondary N) is 1. The third kappa shape index (κ3) is 4.69. The lowest BCUT2D eigenvalue weighted by molar-refractivity contribution is -0.121. The number of hydrogen-bond acceptors (Lipinski definition) is 3. The van der Waals surface area contributed by atoms with E-state index in [9.17, 15) is 9.59 Å². The van der Waals surface area contributed by atoms with Crippen molar-refractivity contribution in [2.24, 2.45) is 0 Å². The summed E-state index contributed by atoms with van der Waals surface area (Å²) in [4.78, 5) is 25.9. The minimum atomic E-state index is -0.198. The average molecular weight is 271 g/mol. The Morgan fingerprint density at radius 3 is 2.80 bits per heavy atom. The SMILES string of the molecule is CC(=O)CCC(=O)Nc1cc(Br)ccn1. The highest BCUT2D eigenvalue weighted by Crippen LogP contribution is 2.12. The van der Waals surface area contributed by atoms with E-state index in [0.717, 1.165) is 4.47 Å². The second-order valence-corrected chi connectivity index (χ2v) is 4.03. The number of rotatable bonds is 4. The van der Waals surface area contributed by atoms with E-state index in [2.05, 4.69) is 26.2 Å². The molecular weight excluding hydrogens is 260 g/mol. The first-order valence-corrected chi connectivity index (χ1v) is 5.28. The lowest BCUT2D eigenvalue weighted by Crippen LogP contribution is -2.13. The van der Waals surface area contributed by atoms with Gasteiger partial charge in [0.2, 0.25) is 5.91 Å². The van der Waals surface area contributed by atoms with Crippen LogP contribution in [0.5, 0.6) is 0 Å². The van der Waals surface area contributed by atoms with Gasteiger partial charge in [0.1, 0.15) is 11.6 Å². The number of halogens is 1. The van der Waals surface area contributed by atoms with Crippen molar-refractivity contribution >= 4 is 33.4 Å². The fourth-order valence-electron chi connectivity index (χ4n) is 0.968. The predicted molar refractivity (Wildman–Crippen MR) is 60.5 cm³/mol. The summed E-state index contributed by atoms with van der Waals surface area (Å²) in [6.07, 6.45) is 2.05. The van der Waals surface area contributed by atoms with E-state index >= 15 is 0 Å². The van der Waals surface area contributed by atoms with Gasteiger partial charge in [-0.2, -0.15) is 0 Å². The Balaban J connectivity index is 2.48. The molecule has 0 bridgehead atoms. The smallest absolute Gasteiger partial charge is 0.225 e. The summed E-state index contributed by atoms with van der Waals surface area (Å²) in [5.74, 6) is 0.293. The molecule has 0 aromatic carbocycles. The van der Waals surface area contributed by atoms with Crippen LogP contribution >= 0.6 is 15.9 Å². The monoisotopic (exact) mass is 270 g/mol. The van der Waals surface area contributed by atoms with Gasteiger partial charge in [0, 0.05) is 23.5 Å². The Morgan fingerprint density at radius 2 is 2.20 bits per heavy atom. The normalized spacial score (nSPS) is 9.73. The highest BCUT2D eigenvalue weighted by Gasteiger charge is 2.04. The van der Waals surface area contributed by atoms with Crippen LogP contribution in [0.25, 0.3) is 0 Å². The summed E-state index contributed by atoms with van der Waals surface area (Å²) in [5.41, 5.74) is 0. The molecular formula is C10H11BrN2O2. The zero-order valence-electron chi connectivity index (χ0n) is 8.29. The van der Waals surface area contributed by atoms with Gasteiger partial charge >= 0.3 is 0 Å². The van der Waals surface area contributed by atoms with E-state index < -0.39 is 0 Å². The molecule has 4 nitrogen and oxygen atoms in total. The fraction of sp³-hybridized carbons (Fsp3) is 0.300. The molecule has 0 spiro atoms.